The minimum Gasteiger partial charge on any atom is -0.453 e. The average molecular weight is 671 g/mol. The van der Waals surface area contributed by atoms with E-state index >= 15 is 0 Å². The topological polar surface area (TPSA) is 176 Å². The number of imidazole rings is 1. The third-order valence-electron chi connectivity index (χ3n) is 9.41. The number of hydrogen-bond donors (Lipinski definition) is 6. The summed E-state index contributed by atoms with van der Waals surface area (Å²) >= 11 is 0. The molecule has 2 aliphatic rings. The molecule has 49 heavy (non-hydrogen) atoms. The van der Waals surface area contributed by atoms with Gasteiger partial charge in [-0.05, 0) is 67.2 Å². The largest absolute Gasteiger partial charge is 0.453 e. The minimum atomic E-state index is -0.718. The van der Waals surface area contributed by atoms with Crippen molar-refractivity contribution in [3.05, 3.63) is 65.1 Å². The number of amides is 3. The summed E-state index contributed by atoms with van der Waals surface area (Å²) in [6, 6.07) is 13.1. The molecule has 1 aromatic heterocycles. The van der Waals surface area contributed by atoms with Gasteiger partial charge in [-0.3, -0.25) is 14.6 Å². The molecule has 12 nitrogen and oxygen atoms in total. The first kappa shape index (κ1) is 35.6. The number of hydrogen-bond acceptors (Lipinski definition) is 8. The van der Waals surface area contributed by atoms with Crippen molar-refractivity contribution >= 4 is 23.7 Å². The number of amidine groups is 1. The van der Waals surface area contributed by atoms with E-state index in [1.54, 1.807) is 0 Å². The number of carbonyl (C=O) groups excluding carboxylic acids is 3. The number of nitrogens with one attached hydrogen (secondary N) is 5. The molecular weight excluding hydrogens is 620 g/mol. The number of fused-ring (bicyclic) bond motifs is 3. The Bertz CT molecular complexity index is 1700. The van der Waals surface area contributed by atoms with Crippen LogP contribution in [0, 0.1) is 11.8 Å². The van der Waals surface area contributed by atoms with Crippen molar-refractivity contribution in [2.45, 2.75) is 91.0 Å². The molecule has 0 spiro atoms. The summed E-state index contributed by atoms with van der Waals surface area (Å²) in [4.78, 5) is 50.3. The van der Waals surface area contributed by atoms with Crippen LogP contribution in [0.3, 0.4) is 0 Å². The van der Waals surface area contributed by atoms with E-state index in [1.807, 2.05) is 41.5 Å². The van der Waals surface area contributed by atoms with Gasteiger partial charge in [-0.1, -0.05) is 70.2 Å². The predicted octanol–water partition coefficient (Wildman–Crippen LogP) is 4.32. The number of ether oxygens (including phenoxy) is 1. The van der Waals surface area contributed by atoms with Crippen LogP contribution in [0.25, 0.3) is 22.4 Å². The fourth-order valence-corrected chi connectivity index (χ4v) is 6.30. The molecule has 0 fully saturated rings. The summed E-state index contributed by atoms with van der Waals surface area (Å²) < 4.78 is 4.67. The first-order chi connectivity index (χ1) is 23.4. The van der Waals surface area contributed by atoms with Crippen LogP contribution in [-0.4, -0.2) is 65.5 Å². The molecule has 2 aromatic carbocycles. The standard InChI is InChI=1S/C37H50N8O4/c1-19(2)30(38)35(46)40-22(6)34-42-28-10-8-9-26-17-25(15-16-27(26)32(28)44-34)23-11-13-24(14-12-23)29-18-39-33(43-29)21(5)41-36(47)31(20(3)4)45-37(48)49-7/h11-17,19-22,29-31H,8-10,18,38H2,1-7H3,(H,39,43)(H,40,46)(H,41,47)(H,42,44)(H,45,48)/t21-,22-,29?,30-,31-/m0/s1. The fourth-order valence-electron chi connectivity index (χ4n) is 6.30. The van der Waals surface area contributed by atoms with E-state index in [0.29, 0.717) is 12.4 Å². The summed E-state index contributed by atoms with van der Waals surface area (Å²) in [7, 11) is 1.27. The molecule has 1 aliphatic carbocycles. The minimum absolute atomic E-state index is 0.00916. The van der Waals surface area contributed by atoms with Crippen molar-refractivity contribution in [1.82, 2.24) is 31.2 Å². The highest BCUT2D eigenvalue weighted by Crippen LogP contribution is 2.35. The molecule has 3 aromatic rings. The molecular formula is C37H50N8O4. The van der Waals surface area contributed by atoms with Gasteiger partial charge in [0.15, 0.2) is 0 Å². The molecule has 12 heteroatoms. The number of aromatic nitrogens is 2. The lowest BCUT2D eigenvalue weighted by molar-refractivity contribution is -0.124. The third kappa shape index (κ3) is 8.13. The zero-order chi connectivity index (χ0) is 35.4. The first-order valence-corrected chi connectivity index (χ1v) is 17.2. The van der Waals surface area contributed by atoms with Crippen LogP contribution in [0.2, 0.25) is 0 Å². The summed E-state index contributed by atoms with van der Waals surface area (Å²) in [6.45, 7) is 12.0. The van der Waals surface area contributed by atoms with E-state index in [1.165, 1.54) is 12.7 Å². The van der Waals surface area contributed by atoms with Gasteiger partial charge in [0.1, 0.15) is 17.7 Å². The van der Waals surface area contributed by atoms with Crippen molar-refractivity contribution in [2.75, 3.05) is 13.7 Å². The lowest BCUT2D eigenvalue weighted by atomic mass is 9.95. The number of carbonyl (C=O) groups is 3. The number of nitrogens with zero attached hydrogens (tertiary/aromatic N) is 2. The number of rotatable bonds is 11. The Morgan fingerprint density at radius 1 is 0.878 bits per heavy atom. The summed E-state index contributed by atoms with van der Waals surface area (Å²) in [5, 5.41) is 12.0. The molecule has 5 rings (SSSR count). The van der Waals surface area contributed by atoms with E-state index in [2.05, 4.69) is 78.4 Å². The summed E-state index contributed by atoms with van der Waals surface area (Å²) in [6.07, 6.45) is 2.19. The lowest BCUT2D eigenvalue weighted by Gasteiger charge is -2.24. The second-order valence-corrected chi connectivity index (χ2v) is 13.8. The van der Waals surface area contributed by atoms with Crippen LogP contribution in [0.4, 0.5) is 4.79 Å². The van der Waals surface area contributed by atoms with Crippen LogP contribution in [0.5, 0.6) is 0 Å². The Kier molecular flexibility index (Phi) is 11.1. The Labute approximate surface area is 288 Å². The molecule has 3 amide bonds. The van der Waals surface area contributed by atoms with Gasteiger partial charge in [-0.2, -0.15) is 0 Å². The highest BCUT2D eigenvalue weighted by Gasteiger charge is 2.29. The van der Waals surface area contributed by atoms with Crippen LogP contribution in [-0.2, 0) is 27.2 Å². The lowest BCUT2D eigenvalue weighted by Crippen LogP contribution is -2.54. The summed E-state index contributed by atoms with van der Waals surface area (Å²) in [5.41, 5.74) is 13.8. The van der Waals surface area contributed by atoms with Crippen molar-refractivity contribution in [3.63, 3.8) is 0 Å². The number of aryl methyl sites for hydroxylation is 2. The number of H-pyrrole nitrogens is 1. The number of aliphatic imine (C=N–C) groups is 1. The Balaban J connectivity index is 1.23. The smallest absolute Gasteiger partial charge is 0.407 e. The van der Waals surface area contributed by atoms with Gasteiger partial charge in [0, 0.05) is 11.3 Å². The molecule has 1 unspecified atom stereocenters. The van der Waals surface area contributed by atoms with E-state index in [9.17, 15) is 14.4 Å². The molecule has 0 radical (unpaired) electrons. The molecule has 1 aliphatic heterocycles. The van der Waals surface area contributed by atoms with E-state index < -0.39 is 18.2 Å². The van der Waals surface area contributed by atoms with Crippen LogP contribution < -0.4 is 27.0 Å². The normalized spacial score (nSPS) is 17.8. The number of methoxy groups -OCH3 is 1. The van der Waals surface area contributed by atoms with Gasteiger partial charge in [-0.25, -0.2) is 9.78 Å². The molecule has 2 heterocycles. The summed E-state index contributed by atoms with van der Waals surface area (Å²) in [5.74, 6) is 0.908. The fraction of sp³-hybridized carbons (Fsp3) is 0.486. The third-order valence-corrected chi connectivity index (χ3v) is 9.41. The molecule has 5 atom stereocenters. The van der Waals surface area contributed by atoms with Gasteiger partial charge < -0.3 is 36.7 Å². The average Bonchev–Trinajstić information content (AvgIpc) is 3.71. The highest BCUT2D eigenvalue weighted by molar-refractivity contribution is 5.94. The second kappa shape index (κ2) is 15.2. The van der Waals surface area contributed by atoms with Gasteiger partial charge in [0.25, 0.3) is 0 Å². The van der Waals surface area contributed by atoms with Gasteiger partial charge >= 0.3 is 6.09 Å². The zero-order valence-corrected chi connectivity index (χ0v) is 29.5. The quantitative estimate of drug-likeness (QED) is 0.176. The highest BCUT2D eigenvalue weighted by atomic mass is 16.5. The van der Waals surface area contributed by atoms with Crippen molar-refractivity contribution in [3.8, 4) is 22.4 Å². The van der Waals surface area contributed by atoms with Crippen LogP contribution in [0.1, 0.15) is 82.7 Å². The molecule has 262 valence electrons. The predicted molar refractivity (Wildman–Crippen MR) is 191 cm³/mol. The zero-order valence-electron chi connectivity index (χ0n) is 29.5. The molecule has 0 saturated carbocycles. The van der Waals surface area contributed by atoms with Gasteiger partial charge in [-0.15, -0.1) is 0 Å². The maximum Gasteiger partial charge on any atom is 0.407 e. The molecule has 0 bridgehead atoms. The number of alkyl carbamates (subject to hydrolysis) is 1. The van der Waals surface area contributed by atoms with Crippen LogP contribution >= 0.6 is 0 Å². The monoisotopic (exact) mass is 670 g/mol. The van der Waals surface area contributed by atoms with E-state index in [4.69, 9.17) is 10.7 Å². The number of aromatic amines is 1. The number of benzene rings is 2. The first-order valence-electron chi connectivity index (χ1n) is 17.2. The van der Waals surface area contributed by atoms with Gasteiger partial charge in [0.05, 0.1) is 43.5 Å². The van der Waals surface area contributed by atoms with Gasteiger partial charge in [0.2, 0.25) is 11.8 Å². The second-order valence-electron chi connectivity index (χ2n) is 13.8. The van der Waals surface area contributed by atoms with Crippen molar-refractivity contribution < 1.29 is 19.1 Å². The Morgan fingerprint density at radius 2 is 1.57 bits per heavy atom. The maximum atomic E-state index is 12.9. The Morgan fingerprint density at radius 3 is 2.24 bits per heavy atom. The van der Waals surface area contributed by atoms with Crippen LogP contribution in [0.15, 0.2) is 47.5 Å². The van der Waals surface area contributed by atoms with E-state index in [-0.39, 0.29) is 41.8 Å². The maximum absolute atomic E-state index is 12.9. The van der Waals surface area contributed by atoms with E-state index in [0.717, 1.165) is 58.7 Å². The van der Waals surface area contributed by atoms with Crippen molar-refractivity contribution in [1.29, 1.82) is 0 Å². The Hall–Kier alpha value is -4.71. The SMILES string of the molecule is COC(=O)N[C@H](C(=O)N[C@@H](C)C1=NCC(c2ccc(-c3ccc4c(c3)CCCc3[nH]c([C@H](C)NC(=O)[C@@H](N)C(C)C)nc3-4)cc2)N1)C(C)C. The molecule has 7 N–H and O–H groups in total. The molecule has 0 saturated heterocycles. The van der Waals surface area contributed by atoms with Crippen molar-refractivity contribution in [2.24, 2.45) is 22.6 Å². The number of nitrogens with two attached hydrogens (primary N) is 1.